The van der Waals surface area contributed by atoms with Crippen molar-refractivity contribution in [2.24, 2.45) is 0 Å². The molecular weight excluding hydrogens is 334 g/mol. The normalized spacial score (nSPS) is 16.4. The number of hydrogen-bond donors (Lipinski definition) is 0. The van der Waals surface area contributed by atoms with Crippen molar-refractivity contribution in [3.05, 3.63) is 87.1 Å². The van der Waals surface area contributed by atoms with Crippen molar-refractivity contribution in [3.63, 3.8) is 0 Å². The first-order valence-electron chi connectivity index (χ1n) is 8.24. The van der Waals surface area contributed by atoms with Crippen LogP contribution in [0.4, 0.5) is 0 Å². The molecule has 4 nitrogen and oxygen atoms in total. The van der Waals surface area contributed by atoms with Gasteiger partial charge in [0.25, 0.3) is 0 Å². The van der Waals surface area contributed by atoms with Gasteiger partial charge in [-0.3, -0.25) is 4.57 Å². The maximum atomic E-state index is 13.3. The number of aryl methyl sites for hydroxylation is 1. The largest absolute Gasteiger partial charge is 0.623 e. The summed E-state index contributed by atoms with van der Waals surface area (Å²) < 4.78 is 3.13. The minimum atomic E-state index is -0.409. The molecule has 0 spiro atoms. The zero-order valence-corrected chi connectivity index (χ0v) is 15.1. The van der Waals surface area contributed by atoms with Crippen molar-refractivity contribution < 1.29 is 4.74 Å². The third-order valence-electron chi connectivity index (χ3n) is 4.82. The van der Waals surface area contributed by atoms with Crippen molar-refractivity contribution in [1.29, 1.82) is 0 Å². The number of rotatable bonds is 1. The van der Waals surface area contributed by atoms with Gasteiger partial charge in [0.2, 0.25) is 11.8 Å². The van der Waals surface area contributed by atoms with Gasteiger partial charge in [-0.05, 0) is 44.2 Å². The molecule has 25 heavy (non-hydrogen) atoms. The van der Waals surface area contributed by atoms with Crippen LogP contribution in [-0.2, 0) is 0 Å². The number of aromatic nitrogens is 2. The van der Waals surface area contributed by atoms with E-state index in [0.29, 0.717) is 10.7 Å². The molecular formula is C20H18ClN3O. The van der Waals surface area contributed by atoms with Crippen molar-refractivity contribution in [1.82, 2.24) is 9.55 Å². The molecule has 1 aliphatic rings. The summed E-state index contributed by atoms with van der Waals surface area (Å²) in [6, 6.07) is 15.0. The van der Waals surface area contributed by atoms with Gasteiger partial charge in [-0.15, -0.1) is 0 Å². The second kappa shape index (κ2) is 5.74. The molecule has 0 radical (unpaired) electrons. The van der Waals surface area contributed by atoms with Gasteiger partial charge in [0, 0.05) is 23.2 Å². The molecule has 1 atom stereocenters. The highest BCUT2D eigenvalue weighted by atomic mass is 35.5. The molecule has 4 rings (SSSR count). The molecule has 1 aromatic heterocycles. The predicted molar refractivity (Wildman–Crippen MR) is 99.7 cm³/mol. The van der Waals surface area contributed by atoms with Gasteiger partial charge < -0.3 is 5.21 Å². The molecule has 1 aliphatic heterocycles. The van der Waals surface area contributed by atoms with E-state index in [-0.39, 0.29) is 0 Å². The molecule has 0 fully saturated rings. The summed E-state index contributed by atoms with van der Waals surface area (Å²) in [7, 11) is 0. The maximum Gasteiger partial charge on any atom is 0.228 e. The van der Waals surface area contributed by atoms with E-state index in [4.69, 9.17) is 11.6 Å². The number of hydrogen-bond acceptors (Lipinski definition) is 2. The van der Waals surface area contributed by atoms with Crippen molar-refractivity contribution in [2.75, 3.05) is 0 Å². The van der Waals surface area contributed by atoms with Crippen LogP contribution < -0.4 is 0 Å². The standard InChI is InChI=1S/C20H18ClN3O/c1-12-13(2)23-18-10-9-16(21)11-17(18)19(15-7-5-4-6-8-15)24(25)14(3)20(23)22-12/h4-11,14H,1-3H3. The Morgan fingerprint density at radius 1 is 1.12 bits per heavy atom. The van der Waals surface area contributed by atoms with Gasteiger partial charge in [-0.1, -0.05) is 29.8 Å². The number of halogens is 1. The van der Waals surface area contributed by atoms with Gasteiger partial charge in [0.05, 0.1) is 16.9 Å². The van der Waals surface area contributed by atoms with E-state index in [1.54, 1.807) is 0 Å². The third-order valence-corrected chi connectivity index (χ3v) is 5.05. The van der Waals surface area contributed by atoms with Crippen LogP contribution in [0.2, 0.25) is 5.02 Å². The zero-order valence-electron chi connectivity index (χ0n) is 14.3. The first-order valence-corrected chi connectivity index (χ1v) is 8.61. The highest BCUT2D eigenvalue weighted by molar-refractivity contribution is 6.31. The lowest BCUT2D eigenvalue weighted by Crippen LogP contribution is -2.20. The summed E-state index contributed by atoms with van der Waals surface area (Å²) in [5.41, 5.74) is 5.20. The third kappa shape index (κ3) is 2.36. The molecule has 0 aliphatic carbocycles. The number of imidazole rings is 1. The van der Waals surface area contributed by atoms with E-state index in [0.717, 1.165) is 38.8 Å². The van der Waals surface area contributed by atoms with E-state index >= 15 is 0 Å². The van der Waals surface area contributed by atoms with Gasteiger partial charge in [-0.2, -0.15) is 4.74 Å². The summed E-state index contributed by atoms with van der Waals surface area (Å²) in [5.74, 6) is 0.750. The quantitative estimate of drug-likeness (QED) is 0.476. The van der Waals surface area contributed by atoms with Crippen LogP contribution in [0.1, 0.15) is 41.3 Å². The van der Waals surface area contributed by atoms with Gasteiger partial charge in [0.15, 0.2) is 5.82 Å². The van der Waals surface area contributed by atoms with Crippen molar-refractivity contribution in [3.8, 4) is 5.69 Å². The molecule has 126 valence electrons. The molecule has 0 saturated carbocycles. The van der Waals surface area contributed by atoms with E-state index in [9.17, 15) is 5.21 Å². The van der Waals surface area contributed by atoms with Crippen LogP contribution in [-0.4, -0.2) is 20.0 Å². The Morgan fingerprint density at radius 3 is 2.56 bits per heavy atom. The Morgan fingerprint density at radius 2 is 1.84 bits per heavy atom. The van der Waals surface area contributed by atoms with Gasteiger partial charge in [-0.25, -0.2) is 4.98 Å². The van der Waals surface area contributed by atoms with Crippen LogP contribution in [0.25, 0.3) is 5.69 Å². The summed E-state index contributed by atoms with van der Waals surface area (Å²) in [5, 5.41) is 13.9. The molecule has 2 heterocycles. The smallest absolute Gasteiger partial charge is 0.228 e. The molecule has 3 aromatic rings. The second-order valence-corrected chi connectivity index (χ2v) is 6.79. The van der Waals surface area contributed by atoms with E-state index in [2.05, 4.69) is 9.55 Å². The fourth-order valence-corrected chi connectivity index (χ4v) is 3.58. The van der Waals surface area contributed by atoms with Gasteiger partial charge in [0.1, 0.15) is 0 Å². The Bertz CT molecular complexity index is 1010. The number of benzene rings is 2. The topological polar surface area (TPSA) is 43.9 Å². The Labute approximate surface area is 151 Å². The number of nitrogens with zero attached hydrogens (tertiary/aromatic N) is 3. The fraction of sp³-hybridized carbons (Fsp3) is 0.200. The Kier molecular flexibility index (Phi) is 3.65. The minimum absolute atomic E-state index is 0.409. The molecule has 0 bridgehead atoms. The van der Waals surface area contributed by atoms with Crippen LogP contribution >= 0.6 is 11.6 Å². The SMILES string of the molecule is Cc1nc2n(c1C)-c1ccc(Cl)cc1C(c1ccccc1)=[N+]([O-])C2C. The summed E-state index contributed by atoms with van der Waals surface area (Å²) >= 11 is 6.28. The zero-order chi connectivity index (χ0) is 17.7. The first-order chi connectivity index (χ1) is 12.0. The fourth-order valence-electron chi connectivity index (χ4n) is 3.41. The molecule has 2 aromatic carbocycles. The number of hydroxylamine groups is 1. The molecule has 1 unspecified atom stereocenters. The molecule has 5 heteroatoms. The Hall–Kier alpha value is -2.59. The average Bonchev–Trinajstić information content (AvgIpc) is 2.86. The minimum Gasteiger partial charge on any atom is -0.623 e. The van der Waals surface area contributed by atoms with Crippen LogP contribution in [0.5, 0.6) is 0 Å². The number of fused-ring (bicyclic) bond motifs is 3. The summed E-state index contributed by atoms with van der Waals surface area (Å²) in [6.07, 6.45) is 0. The highest BCUT2D eigenvalue weighted by Gasteiger charge is 2.33. The van der Waals surface area contributed by atoms with Crippen molar-refractivity contribution >= 4 is 17.3 Å². The maximum absolute atomic E-state index is 13.3. The summed E-state index contributed by atoms with van der Waals surface area (Å²) in [4.78, 5) is 4.67. The second-order valence-electron chi connectivity index (χ2n) is 6.35. The van der Waals surface area contributed by atoms with Crippen molar-refractivity contribution in [2.45, 2.75) is 26.8 Å². The van der Waals surface area contributed by atoms with E-state index in [1.165, 1.54) is 0 Å². The highest BCUT2D eigenvalue weighted by Crippen LogP contribution is 2.33. The lowest BCUT2D eigenvalue weighted by molar-refractivity contribution is -0.503. The van der Waals surface area contributed by atoms with Crippen LogP contribution in [0.3, 0.4) is 0 Å². The Balaban J connectivity index is 2.13. The van der Waals surface area contributed by atoms with E-state index < -0.39 is 6.04 Å². The van der Waals surface area contributed by atoms with Gasteiger partial charge >= 0.3 is 0 Å². The lowest BCUT2D eigenvalue weighted by atomic mass is 10.00. The van der Waals surface area contributed by atoms with E-state index in [1.807, 2.05) is 69.3 Å². The lowest BCUT2D eigenvalue weighted by Gasteiger charge is -2.14. The monoisotopic (exact) mass is 351 g/mol. The molecule has 0 amide bonds. The van der Waals surface area contributed by atoms with Crippen LogP contribution in [0.15, 0.2) is 48.5 Å². The summed E-state index contributed by atoms with van der Waals surface area (Å²) in [6.45, 7) is 5.89. The first kappa shape index (κ1) is 15.9. The van der Waals surface area contributed by atoms with Crippen LogP contribution in [0, 0.1) is 19.1 Å². The molecule has 0 saturated heterocycles. The average molecular weight is 352 g/mol. The predicted octanol–water partition coefficient (Wildman–Crippen LogP) is 4.56. The molecule has 0 N–H and O–H groups in total.